The van der Waals surface area contributed by atoms with Gasteiger partial charge in [-0.1, -0.05) is 44.2 Å². The first-order valence-electron chi connectivity index (χ1n) is 8.89. The van der Waals surface area contributed by atoms with Gasteiger partial charge in [0.05, 0.1) is 12.7 Å². The third kappa shape index (κ3) is 2.99. The average molecular weight is 320 g/mol. The molecule has 0 heterocycles. The summed E-state index contributed by atoms with van der Waals surface area (Å²) in [6.45, 7) is 4.91. The van der Waals surface area contributed by atoms with Crippen molar-refractivity contribution in [3.05, 3.63) is 54.1 Å². The lowest BCUT2D eigenvalue weighted by Crippen LogP contribution is -2.05. The summed E-state index contributed by atoms with van der Waals surface area (Å²) in [6.07, 6.45) is 2.17. The van der Waals surface area contributed by atoms with Crippen LogP contribution in [-0.4, -0.2) is 11.7 Å². The van der Waals surface area contributed by atoms with E-state index in [1.54, 1.807) is 0 Å². The fourth-order valence-corrected chi connectivity index (χ4v) is 3.20. The van der Waals surface area contributed by atoms with Crippen LogP contribution in [0, 0.1) is 11.8 Å². The zero-order valence-corrected chi connectivity index (χ0v) is 14.3. The van der Waals surface area contributed by atoms with Gasteiger partial charge in [-0.2, -0.15) is 0 Å². The molecule has 2 heteroatoms. The van der Waals surface area contributed by atoms with E-state index >= 15 is 0 Å². The largest absolute Gasteiger partial charge is 0.493 e. The van der Waals surface area contributed by atoms with E-state index in [2.05, 4.69) is 42.5 Å². The maximum Gasteiger partial charge on any atom is 0.119 e. The minimum atomic E-state index is -0.432. The Hall–Kier alpha value is -2.06. The molecule has 0 bridgehead atoms. The van der Waals surface area contributed by atoms with Gasteiger partial charge in [-0.25, -0.2) is 0 Å². The standard InChI is InChI=1S/C22H24O2/c1-14(2)22(23)18-8-7-16-5-6-17-9-10-19(24-13-15-3-4-15)12-21(17)20(16)11-18/h5-12,14-15,22-23H,3-4,13H2,1-2H3. The Balaban J connectivity index is 1.79. The van der Waals surface area contributed by atoms with Crippen molar-refractivity contribution in [1.82, 2.24) is 0 Å². The molecule has 124 valence electrons. The predicted octanol–water partition coefficient (Wildman–Crippen LogP) is 5.47. The van der Waals surface area contributed by atoms with E-state index in [9.17, 15) is 5.11 Å². The van der Waals surface area contributed by atoms with Crippen LogP contribution in [0.2, 0.25) is 0 Å². The van der Waals surface area contributed by atoms with Gasteiger partial charge < -0.3 is 9.84 Å². The highest BCUT2D eigenvalue weighted by Crippen LogP contribution is 2.33. The molecule has 0 radical (unpaired) electrons. The summed E-state index contributed by atoms with van der Waals surface area (Å²) >= 11 is 0. The molecule has 1 atom stereocenters. The van der Waals surface area contributed by atoms with Crippen LogP contribution in [0.1, 0.15) is 38.4 Å². The van der Waals surface area contributed by atoms with Gasteiger partial charge in [0.2, 0.25) is 0 Å². The van der Waals surface area contributed by atoms with Crippen LogP contribution in [0.4, 0.5) is 0 Å². The number of fused-ring (bicyclic) bond motifs is 3. The molecule has 3 aromatic rings. The van der Waals surface area contributed by atoms with Gasteiger partial charge >= 0.3 is 0 Å². The fourth-order valence-electron chi connectivity index (χ4n) is 3.20. The second-order valence-corrected chi connectivity index (χ2v) is 7.37. The van der Waals surface area contributed by atoms with Crippen LogP contribution >= 0.6 is 0 Å². The molecule has 1 N–H and O–H groups in total. The highest BCUT2D eigenvalue weighted by Gasteiger charge is 2.22. The van der Waals surface area contributed by atoms with Crippen LogP contribution in [0.25, 0.3) is 21.5 Å². The Labute approximate surface area is 143 Å². The van der Waals surface area contributed by atoms with Gasteiger partial charge in [0.25, 0.3) is 0 Å². The zero-order chi connectivity index (χ0) is 16.7. The number of aliphatic hydroxyl groups is 1. The van der Waals surface area contributed by atoms with Crippen molar-refractivity contribution in [3.8, 4) is 5.75 Å². The van der Waals surface area contributed by atoms with Gasteiger partial charge in [0.15, 0.2) is 0 Å². The van der Waals surface area contributed by atoms with Crippen LogP contribution in [0.3, 0.4) is 0 Å². The summed E-state index contributed by atoms with van der Waals surface area (Å²) in [4.78, 5) is 0. The van der Waals surface area contributed by atoms with E-state index in [4.69, 9.17) is 4.74 Å². The lowest BCUT2D eigenvalue weighted by atomic mass is 9.94. The summed E-state index contributed by atoms with van der Waals surface area (Å²) in [5.74, 6) is 1.90. The van der Waals surface area contributed by atoms with Crippen LogP contribution in [0.15, 0.2) is 48.5 Å². The first-order valence-corrected chi connectivity index (χ1v) is 8.89. The van der Waals surface area contributed by atoms with Crippen LogP contribution < -0.4 is 4.74 Å². The third-order valence-corrected chi connectivity index (χ3v) is 4.99. The van der Waals surface area contributed by atoms with Crippen molar-refractivity contribution in [3.63, 3.8) is 0 Å². The van der Waals surface area contributed by atoms with Crippen LogP contribution in [0.5, 0.6) is 5.75 Å². The van der Waals surface area contributed by atoms with E-state index in [-0.39, 0.29) is 5.92 Å². The Morgan fingerprint density at radius 1 is 0.958 bits per heavy atom. The molecule has 2 nitrogen and oxygen atoms in total. The van der Waals surface area contributed by atoms with Crippen molar-refractivity contribution in [2.24, 2.45) is 11.8 Å². The lowest BCUT2D eigenvalue weighted by molar-refractivity contribution is 0.127. The Morgan fingerprint density at radius 2 is 1.58 bits per heavy atom. The molecule has 1 aliphatic rings. The average Bonchev–Trinajstić information content (AvgIpc) is 3.43. The number of rotatable bonds is 5. The van der Waals surface area contributed by atoms with Crippen molar-refractivity contribution >= 4 is 21.5 Å². The predicted molar refractivity (Wildman–Crippen MR) is 99.5 cm³/mol. The van der Waals surface area contributed by atoms with E-state index in [1.807, 2.05) is 19.9 Å². The van der Waals surface area contributed by atoms with E-state index in [0.717, 1.165) is 23.8 Å². The van der Waals surface area contributed by atoms with Crippen molar-refractivity contribution in [1.29, 1.82) is 0 Å². The first-order chi connectivity index (χ1) is 11.6. The van der Waals surface area contributed by atoms with Gasteiger partial charge in [0, 0.05) is 0 Å². The molecule has 24 heavy (non-hydrogen) atoms. The van der Waals surface area contributed by atoms with E-state index < -0.39 is 6.10 Å². The maximum absolute atomic E-state index is 10.4. The quantitative estimate of drug-likeness (QED) is 0.632. The summed E-state index contributed by atoms with van der Waals surface area (Å²) in [5.41, 5.74) is 0.981. The smallest absolute Gasteiger partial charge is 0.119 e. The molecular formula is C22H24O2. The van der Waals surface area contributed by atoms with Crippen molar-refractivity contribution in [2.75, 3.05) is 6.61 Å². The zero-order valence-electron chi connectivity index (χ0n) is 14.3. The number of hydrogen-bond donors (Lipinski definition) is 1. The highest BCUT2D eigenvalue weighted by molar-refractivity contribution is 6.08. The summed E-state index contributed by atoms with van der Waals surface area (Å²) in [7, 11) is 0. The Bertz CT molecular complexity index is 878. The maximum atomic E-state index is 10.4. The summed E-state index contributed by atoms with van der Waals surface area (Å²) in [5, 5.41) is 15.2. The van der Waals surface area contributed by atoms with Gasteiger partial charge in [0.1, 0.15) is 5.75 Å². The third-order valence-electron chi connectivity index (χ3n) is 4.99. The molecule has 3 aromatic carbocycles. The van der Waals surface area contributed by atoms with E-state index in [1.165, 1.54) is 34.4 Å². The second kappa shape index (κ2) is 6.10. The van der Waals surface area contributed by atoms with Gasteiger partial charge in [-0.15, -0.1) is 0 Å². The van der Waals surface area contributed by atoms with Crippen molar-refractivity contribution in [2.45, 2.75) is 32.8 Å². The van der Waals surface area contributed by atoms with E-state index in [0.29, 0.717) is 0 Å². The van der Waals surface area contributed by atoms with Gasteiger partial charge in [-0.05, 0) is 70.0 Å². The molecule has 0 saturated heterocycles. The molecule has 0 spiro atoms. The van der Waals surface area contributed by atoms with Gasteiger partial charge in [-0.3, -0.25) is 0 Å². The Kier molecular flexibility index (Phi) is 3.93. The van der Waals surface area contributed by atoms with Crippen molar-refractivity contribution < 1.29 is 9.84 Å². The topological polar surface area (TPSA) is 29.5 Å². The first kappa shape index (κ1) is 15.5. The molecule has 0 aromatic heterocycles. The molecule has 0 amide bonds. The molecule has 1 unspecified atom stereocenters. The summed E-state index contributed by atoms with van der Waals surface area (Å²) < 4.78 is 5.95. The SMILES string of the molecule is CC(C)C(O)c1ccc2ccc3ccc(OCC4CC4)cc3c2c1. The molecular weight excluding hydrogens is 296 g/mol. The number of aliphatic hydroxyl groups excluding tert-OH is 1. The lowest BCUT2D eigenvalue weighted by Gasteiger charge is -2.16. The highest BCUT2D eigenvalue weighted by atomic mass is 16.5. The molecule has 1 fully saturated rings. The number of ether oxygens (including phenoxy) is 1. The monoisotopic (exact) mass is 320 g/mol. The summed E-state index contributed by atoms with van der Waals surface area (Å²) in [6, 6.07) is 16.9. The van der Waals surface area contributed by atoms with Crippen LogP contribution in [-0.2, 0) is 0 Å². The molecule has 1 aliphatic carbocycles. The fraction of sp³-hybridized carbons (Fsp3) is 0.364. The Morgan fingerprint density at radius 3 is 2.25 bits per heavy atom. The minimum Gasteiger partial charge on any atom is -0.493 e. The minimum absolute atomic E-state index is 0.204. The molecule has 4 rings (SSSR count). The second-order valence-electron chi connectivity index (χ2n) is 7.37. The molecule has 0 aliphatic heterocycles. The normalized spacial score (nSPS) is 16.0. The number of benzene rings is 3. The number of hydrogen-bond acceptors (Lipinski definition) is 2. The molecule has 1 saturated carbocycles.